The lowest BCUT2D eigenvalue weighted by molar-refractivity contribution is 0.0468. The van der Waals surface area contributed by atoms with Crippen LogP contribution >= 0.6 is 22.7 Å². The zero-order valence-electron chi connectivity index (χ0n) is 21.9. The fourth-order valence-corrected chi connectivity index (χ4v) is 6.10. The highest BCUT2D eigenvalue weighted by Gasteiger charge is 2.34. The van der Waals surface area contributed by atoms with Crippen molar-refractivity contribution < 1.29 is 28.5 Å². The van der Waals surface area contributed by atoms with Gasteiger partial charge in [0, 0.05) is 9.75 Å². The van der Waals surface area contributed by atoms with Crippen LogP contribution in [0.4, 0.5) is 9.59 Å². The van der Waals surface area contributed by atoms with Crippen LogP contribution in [0.25, 0.3) is 0 Å². The van der Waals surface area contributed by atoms with E-state index in [0.29, 0.717) is 0 Å². The van der Waals surface area contributed by atoms with Gasteiger partial charge in [-0.2, -0.15) is 0 Å². The first-order valence-electron chi connectivity index (χ1n) is 12.2. The summed E-state index contributed by atoms with van der Waals surface area (Å²) in [5.74, 6) is -0.313. The van der Waals surface area contributed by atoms with E-state index < -0.39 is 18.2 Å². The van der Waals surface area contributed by atoms with Crippen molar-refractivity contribution in [3.63, 3.8) is 0 Å². The Morgan fingerprint density at radius 1 is 0.744 bits per heavy atom. The van der Waals surface area contributed by atoms with Crippen LogP contribution in [0.2, 0.25) is 0 Å². The van der Waals surface area contributed by atoms with E-state index in [-0.39, 0.29) is 19.1 Å². The maximum Gasteiger partial charge on any atom is 0.429 e. The van der Waals surface area contributed by atoms with Crippen LogP contribution in [0.15, 0.2) is 84.9 Å². The molecule has 0 radical (unpaired) electrons. The van der Waals surface area contributed by atoms with E-state index in [9.17, 15) is 9.59 Å². The number of nitrogens with one attached hydrogen (secondary N) is 1. The quantitative estimate of drug-likeness (QED) is 0.212. The van der Waals surface area contributed by atoms with Gasteiger partial charge in [0.15, 0.2) is 10.1 Å². The van der Waals surface area contributed by atoms with Gasteiger partial charge >= 0.3 is 12.2 Å². The van der Waals surface area contributed by atoms with Crippen molar-refractivity contribution in [3.8, 4) is 10.1 Å². The highest BCUT2D eigenvalue weighted by Crippen LogP contribution is 2.41. The number of methoxy groups -OCH3 is 2. The first-order chi connectivity index (χ1) is 19.0. The predicted molar refractivity (Wildman–Crippen MR) is 151 cm³/mol. The summed E-state index contributed by atoms with van der Waals surface area (Å²) >= 11 is 2.94. The lowest BCUT2D eigenvalue weighted by Gasteiger charge is -2.33. The van der Waals surface area contributed by atoms with Crippen LogP contribution in [-0.2, 0) is 22.7 Å². The number of thiophene rings is 2. The number of amides is 2. The zero-order valence-corrected chi connectivity index (χ0v) is 23.5. The smallest absolute Gasteiger partial charge is 0.429 e. The van der Waals surface area contributed by atoms with E-state index >= 15 is 0 Å². The number of benzene rings is 2. The average molecular weight is 567 g/mol. The second kappa shape index (κ2) is 13.7. The summed E-state index contributed by atoms with van der Waals surface area (Å²) in [5, 5.41) is 2.66. The zero-order chi connectivity index (χ0) is 27.6. The minimum absolute atomic E-state index is 0.0496. The number of ether oxygens (including phenoxy) is 4. The van der Waals surface area contributed by atoms with Crippen LogP contribution in [0.1, 0.15) is 33.7 Å². The van der Waals surface area contributed by atoms with Crippen molar-refractivity contribution in [3.05, 3.63) is 106 Å². The Labute approximate surface area is 235 Å². The SMILES string of the molecule is COc1ccc(C(c2ccc(OC)s2)[C@H](C)N(NC(=O)OCc2ccccc2)C(=O)OCc2ccccc2)s1. The maximum absolute atomic E-state index is 13.4. The first kappa shape index (κ1) is 28.0. The molecule has 8 nitrogen and oxygen atoms in total. The molecule has 0 spiro atoms. The molecule has 4 rings (SSSR count). The minimum atomic E-state index is -0.770. The van der Waals surface area contributed by atoms with Crippen molar-refractivity contribution >= 4 is 34.9 Å². The summed E-state index contributed by atoms with van der Waals surface area (Å²) in [5.41, 5.74) is 4.28. The molecule has 2 amide bonds. The monoisotopic (exact) mass is 566 g/mol. The largest absolute Gasteiger partial charge is 0.487 e. The Kier molecular flexibility index (Phi) is 9.82. The number of hydrazine groups is 1. The molecular weight excluding hydrogens is 536 g/mol. The van der Waals surface area contributed by atoms with Gasteiger partial charge in [-0.15, -0.1) is 22.7 Å². The van der Waals surface area contributed by atoms with Crippen LogP contribution in [0.5, 0.6) is 10.1 Å². The van der Waals surface area contributed by atoms with E-state index in [1.165, 1.54) is 27.7 Å². The molecule has 0 saturated heterocycles. The van der Waals surface area contributed by atoms with Gasteiger partial charge in [0.25, 0.3) is 0 Å². The van der Waals surface area contributed by atoms with Gasteiger partial charge in [-0.05, 0) is 42.3 Å². The summed E-state index contributed by atoms with van der Waals surface area (Å²) < 4.78 is 21.9. The maximum atomic E-state index is 13.4. The molecule has 4 aromatic rings. The molecule has 0 unspecified atom stereocenters. The highest BCUT2D eigenvalue weighted by atomic mass is 32.1. The van der Waals surface area contributed by atoms with Crippen molar-refractivity contribution in [2.24, 2.45) is 0 Å². The number of hydrogen-bond acceptors (Lipinski definition) is 8. The third-order valence-electron chi connectivity index (χ3n) is 5.94. The molecule has 39 heavy (non-hydrogen) atoms. The van der Waals surface area contributed by atoms with Gasteiger partial charge < -0.3 is 18.9 Å². The van der Waals surface area contributed by atoms with Gasteiger partial charge in [0.2, 0.25) is 0 Å². The predicted octanol–water partition coefficient (Wildman–Crippen LogP) is 6.83. The van der Waals surface area contributed by atoms with Crippen LogP contribution < -0.4 is 14.9 Å². The Bertz CT molecular complexity index is 1300. The second-order valence-corrected chi connectivity index (χ2v) is 10.7. The van der Waals surface area contributed by atoms with Gasteiger partial charge in [0.05, 0.1) is 26.2 Å². The Hall–Kier alpha value is -4.02. The average Bonchev–Trinajstić information content (AvgIpc) is 3.65. The molecule has 10 heteroatoms. The molecule has 0 aliphatic rings. The van der Waals surface area contributed by atoms with Crippen LogP contribution in [0, 0.1) is 0 Å². The van der Waals surface area contributed by atoms with Crippen LogP contribution in [-0.4, -0.2) is 37.5 Å². The Balaban J connectivity index is 1.59. The van der Waals surface area contributed by atoms with Gasteiger partial charge in [-0.1, -0.05) is 60.7 Å². The Morgan fingerprint density at radius 2 is 1.23 bits per heavy atom. The fourth-order valence-electron chi connectivity index (χ4n) is 3.94. The van der Waals surface area contributed by atoms with Crippen molar-refractivity contribution in [2.75, 3.05) is 14.2 Å². The van der Waals surface area contributed by atoms with Gasteiger partial charge in [-0.3, -0.25) is 0 Å². The third kappa shape index (κ3) is 7.52. The van der Waals surface area contributed by atoms with E-state index in [0.717, 1.165) is 31.0 Å². The Morgan fingerprint density at radius 3 is 1.69 bits per heavy atom. The van der Waals surface area contributed by atoms with E-state index in [1.54, 1.807) is 14.2 Å². The molecule has 0 bridgehead atoms. The number of rotatable bonds is 10. The fraction of sp³-hybridized carbons (Fsp3) is 0.241. The number of hydrogen-bond donors (Lipinski definition) is 1. The minimum Gasteiger partial charge on any atom is -0.487 e. The third-order valence-corrected chi connectivity index (χ3v) is 8.19. The molecule has 0 aliphatic carbocycles. The van der Waals surface area contributed by atoms with Crippen molar-refractivity contribution in [1.29, 1.82) is 0 Å². The summed E-state index contributed by atoms with van der Waals surface area (Å²) in [6.07, 6.45) is -1.48. The second-order valence-electron chi connectivity index (χ2n) is 8.52. The summed E-state index contributed by atoms with van der Waals surface area (Å²) in [7, 11) is 3.22. The lowest BCUT2D eigenvalue weighted by atomic mass is 9.97. The van der Waals surface area contributed by atoms with Crippen molar-refractivity contribution in [1.82, 2.24) is 10.4 Å². The standard InChI is InChI=1S/C29H30N2O6S2/c1-20(27(23-14-16-25(34-2)38-23)24-15-17-26(35-3)39-24)31(29(33)37-19-22-12-8-5-9-13-22)30-28(32)36-18-21-10-6-4-7-11-21/h4-17,20,27H,18-19H2,1-3H3,(H,30,32)/t20-/m0/s1. The molecule has 1 atom stereocenters. The summed E-state index contributed by atoms with van der Waals surface area (Å²) in [6.45, 7) is 1.96. The van der Waals surface area contributed by atoms with Crippen molar-refractivity contribution in [2.45, 2.75) is 32.1 Å². The van der Waals surface area contributed by atoms with E-state index in [1.807, 2.05) is 91.9 Å². The van der Waals surface area contributed by atoms with Crippen LogP contribution in [0.3, 0.4) is 0 Å². The molecule has 2 heterocycles. The molecule has 0 fully saturated rings. The van der Waals surface area contributed by atoms with E-state index in [2.05, 4.69) is 5.43 Å². The number of carbonyl (C=O) groups is 2. The van der Waals surface area contributed by atoms with Gasteiger partial charge in [-0.25, -0.2) is 20.0 Å². The topological polar surface area (TPSA) is 86.3 Å². The summed E-state index contributed by atoms with van der Waals surface area (Å²) in [4.78, 5) is 28.2. The molecule has 2 aromatic carbocycles. The van der Waals surface area contributed by atoms with Gasteiger partial charge in [0.1, 0.15) is 13.2 Å². The normalized spacial score (nSPS) is 11.5. The first-order valence-corrected chi connectivity index (χ1v) is 13.9. The molecule has 1 N–H and O–H groups in total. The molecular formula is C29H30N2O6S2. The molecule has 2 aromatic heterocycles. The number of nitrogens with zero attached hydrogens (tertiary/aromatic N) is 1. The summed E-state index contributed by atoms with van der Waals surface area (Å²) in [6, 6.07) is 25.8. The lowest BCUT2D eigenvalue weighted by Crippen LogP contribution is -2.53. The molecule has 204 valence electrons. The highest BCUT2D eigenvalue weighted by molar-refractivity contribution is 7.15. The van der Waals surface area contributed by atoms with E-state index in [4.69, 9.17) is 18.9 Å². The molecule has 0 aliphatic heterocycles. The molecule has 0 saturated carbocycles. The number of carbonyl (C=O) groups excluding carboxylic acids is 2.